The SMILES string of the molecule is Cc1ccccc1C(=O)NC(C(=O)NC(C)CCC(=O)O)C(C)C. The number of carbonyl (C=O) groups is 3. The van der Waals surface area contributed by atoms with Gasteiger partial charge in [-0.2, -0.15) is 0 Å². The van der Waals surface area contributed by atoms with E-state index in [2.05, 4.69) is 10.6 Å². The number of amides is 2. The van der Waals surface area contributed by atoms with Crippen molar-refractivity contribution in [3.63, 3.8) is 0 Å². The lowest BCUT2D eigenvalue weighted by atomic mass is 10.0. The normalized spacial score (nSPS) is 13.2. The summed E-state index contributed by atoms with van der Waals surface area (Å²) in [6, 6.07) is 6.24. The van der Waals surface area contributed by atoms with Crippen LogP contribution >= 0.6 is 0 Å². The summed E-state index contributed by atoms with van der Waals surface area (Å²) in [6.45, 7) is 7.29. The van der Waals surface area contributed by atoms with Crippen LogP contribution in [0.2, 0.25) is 0 Å². The molecule has 6 nitrogen and oxygen atoms in total. The van der Waals surface area contributed by atoms with E-state index in [0.717, 1.165) is 5.56 Å². The summed E-state index contributed by atoms with van der Waals surface area (Å²) in [7, 11) is 0. The third-order valence-corrected chi connectivity index (χ3v) is 3.81. The smallest absolute Gasteiger partial charge is 0.303 e. The molecule has 0 fully saturated rings. The molecule has 0 radical (unpaired) electrons. The number of aliphatic carboxylic acids is 1. The summed E-state index contributed by atoms with van der Waals surface area (Å²) in [5, 5.41) is 14.2. The monoisotopic (exact) mass is 334 g/mol. The zero-order valence-electron chi connectivity index (χ0n) is 14.6. The van der Waals surface area contributed by atoms with Crippen LogP contribution in [-0.2, 0) is 9.59 Å². The van der Waals surface area contributed by atoms with Crippen LogP contribution < -0.4 is 10.6 Å². The van der Waals surface area contributed by atoms with Crippen molar-refractivity contribution in [2.24, 2.45) is 5.92 Å². The van der Waals surface area contributed by atoms with Gasteiger partial charge in [0.25, 0.3) is 5.91 Å². The van der Waals surface area contributed by atoms with Crippen molar-refractivity contribution in [1.29, 1.82) is 0 Å². The van der Waals surface area contributed by atoms with E-state index in [9.17, 15) is 14.4 Å². The number of aryl methyl sites for hydroxylation is 1. The number of rotatable bonds is 8. The fraction of sp³-hybridized carbons (Fsp3) is 0.500. The van der Waals surface area contributed by atoms with Crippen LogP contribution in [0.15, 0.2) is 24.3 Å². The molecule has 0 aromatic heterocycles. The van der Waals surface area contributed by atoms with Crippen LogP contribution in [-0.4, -0.2) is 35.0 Å². The van der Waals surface area contributed by atoms with Gasteiger partial charge in [0, 0.05) is 18.0 Å². The van der Waals surface area contributed by atoms with E-state index in [1.165, 1.54) is 0 Å². The van der Waals surface area contributed by atoms with E-state index < -0.39 is 12.0 Å². The molecule has 0 aliphatic rings. The van der Waals surface area contributed by atoms with Crippen LogP contribution in [0, 0.1) is 12.8 Å². The van der Waals surface area contributed by atoms with Gasteiger partial charge in [0.2, 0.25) is 5.91 Å². The second-order valence-electron chi connectivity index (χ2n) is 6.35. The molecule has 0 saturated carbocycles. The van der Waals surface area contributed by atoms with Gasteiger partial charge in [0.1, 0.15) is 6.04 Å². The van der Waals surface area contributed by atoms with Crippen LogP contribution in [0.5, 0.6) is 0 Å². The second-order valence-corrected chi connectivity index (χ2v) is 6.35. The minimum Gasteiger partial charge on any atom is -0.481 e. The Morgan fingerprint density at radius 3 is 2.25 bits per heavy atom. The Balaban J connectivity index is 2.73. The summed E-state index contributed by atoms with van der Waals surface area (Å²) >= 11 is 0. The molecule has 0 aliphatic carbocycles. The average molecular weight is 334 g/mol. The highest BCUT2D eigenvalue weighted by atomic mass is 16.4. The predicted molar refractivity (Wildman–Crippen MR) is 91.7 cm³/mol. The summed E-state index contributed by atoms with van der Waals surface area (Å²) in [5.74, 6) is -1.58. The molecular weight excluding hydrogens is 308 g/mol. The summed E-state index contributed by atoms with van der Waals surface area (Å²) in [6.07, 6.45) is 0.334. The summed E-state index contributed by atoms with van der Waals surface area (Å²) < 4.78 is 0. The number of carbonyl (C=O) groups excluding carboxylic acids is 2. The molecule has 0 bridgehead atoms. The number of carboxylic acids is 1. The van der Waals surface area contributed by atoms with Gasteiger partial charge in [-0.05, 0) is 37.8 Å². The quantitative estimate of drug-likeness (QED) is 0.678. The topological polar surface area (TPSA) is 95.5 Å². The van der Waals surface area contributed by atoms with Gasteiger partial charge in [-0.1, -0.05) is 32.0 Å². The lowest BCUT2D eigenvalue weighted by molar-refractivity contribution is -0.137. The van der Waals surface area contributed by atoms with Crippen molar-refractivity contribution in [2.75, 3.05) is 0 Å². The molecule has 24 heavy (non-hydrogen) atoms. The molecule has 0 aliphatic heterocycles. The molecule has 2 atom stereocenters. The highest BCUT2D eigenvalue weighted by Crippen LogP contribution is 2.10. The maximum Gasteiger partial charge on any atom is 0.303 e. The number of benzene rings is 1. The Morgan fingerprint density at radius 2 is 1.71 bits per heavy atom. The molecule has 1 aromatic rings. The van der Waals surface area contributed by atoms with Crippen LogP contribution in [0.3, 0.4) is 0 Å². The molecule has 0 heterocycles. The van der Waals surface area contributed by atoms with Crippen molar-refractivity contribution in [3.8, 4) is 0 Å². The average Bonchev–Trinajstić information content (AvgIpc) is 2.50. The lowest BCUT2D eigenvalue weighted by Gasteiger charge is -2.24. The molecule has 1 rings (SSSR count). The second kappa shape index (κ2) is 9.05. The third-order valence-electron chi connectivity index (χ3n) is 3.81. The first-order valence-electron chi connectivity index (χ1n) is 8.11. The van der Waals surface area contributed by atoms with Crippen LogP contribution in [0.1, 0.15) is 49.5 Å². The maximum atomic E-state index is 12.4. The van der Waals surface area contributed by atoms with Crippen molar-refractivity contribution < 1.29 is 19.5 Å². The van der Waals surface area contributed by atoms with Crippen molar-refractivity contribution >= 4 is 17.8 Å². The summed E-state index contributed by atoms with van der Waals surface area (Å²) in [5.41, 5.74) is 1.38. The highest BCUT2D eigenvalue weighted by molar-refractivity contribution is 5.98. The molecule has 0 saturated heterocycles. The molecule has 2 amide bonds. The summed E-state index contributed by atoms with van der Waals surface area (Å²) in [4.78, 5) is 35.4. The minimum atomic E-state index is -0.899. The standard InChI is InChI=1S/C18H26N2O4/c1-11(2)16(18(24)19-13(4)9-10-15(21)22)20-17(23)14-8-6-5-7-12(14)3/h5-8,11,13,16H,9-10H2,1-4H3,(H,19,24)(H,20,23)(H,21,22). The Kier molecular flexibility index (Phi) is 7.42. The Morgan fingerprint density at radius 1 is 1.08 bits per heavy atom. The van der Waals surface area contributed by atoms with E-state index >= 15 is 0 Å². The zero-order valence-corrected chi connectivity index (χ0v) is 14.6. The maximum absolute atomic E-state index is 12.4. The van der Waals surface area contributed by atoms with Crippen LogP contribution in [0.4, 0.5) is 0 Å². The number of hydrogen-bond donors (Lipinski definition) is 3. The largest absolute Gasteiger partial charge is 0.481 e. The van der Waals surface area contributed by atoms with Gasteiger partial charge >= 0.3 is 5.97 Å². The van der Waals surface area contributed by atoms with Crippen molar-refractivity contribution in [1.82, 2.24) is 10.6 Å². The van der Waals surface area contributed by atoms with Crippen molar-refractivity contribution in [2.45, 2.75) is 52.6 Å². The van der Waals surface area contributed by atoms with E-state index in [1.807, 2.05) is 32.9 Å². The highest BCUT2D eigenvalue weighted by Gasteiger charge is 2.26. The fourth-order valence-corrected chi connectivity index (χ4v) is 2.33. The Labute approximate surface area is 142 Å². The first-order valence-corrected chi connectivity index (χ1v) is 8.11. The van der Waals surface area contributed by atoms with E-state index in [1.54, 1.807) is 19.1 Å². The first-order chi connectivity index (χ1) is 11.2. The molecule has 2 unspecified atom stereocenters. The third kappa shape index (κ3) is 6.02. The first kappa shape index (κ1) is 19.7. The molecular formula is C18H26N2O4. The molecule has 132 valence electrons. The fourth-order valence-electron chi connectivity index (χ4n) is 2.33. The lowest BCUT2D eigenvalue weighted by Crippen LogP contribution is -2.51. The van der Waals surface area contributed by atoms with Gasteiger partial charge in [-0.25, -0.2) is 0 Å². The number of carboxylic acid groups (broad SMARTS) is 1. The number of nitrogens with one attached hydrogen (secondary N) is 2. The Bertz CT molecular complexity index is 598. The number of hydrogen-bond acceptors (Lipinski definition) is 3. The van der Waals surface area contributed by atoms with Gasteiger partial charge < -0.3 is 15.7 Å². The van der Waals surface area contributed by atoms with E-state index in [0.29, 0.717) is 12.0 Å². The van der Waals surface area contributed by atoms with Crippen molar-refractivity contribution in [3.05, 3.63) is 35.4 Å². The minimum absolute atomic E-state index is 0.0106. The molecule has 6 heteroatoms. The van der Waals surface area contributed by atoms with Gasteiger partial charge in [-0.15, -0.1) is 0 Å². The van der Waals surface area contributed by atoms with Gasteiger partial charge in [0.05, 0.1) is 0 Å². The molecule has 3 N–H and O–H groups in total. The van der Waals surface area contributed by atoms with E-state index in [4.69, 9.17) is 5.11 Å². The van der Waals surface area contributed by atoms with Gasteiger partial charge in [-0.3, -0.25) is 14.4 Å². The molecule has 0 spiro atoms. The molecule has 1 aromatic carbocycles. The van der Waals surface area contributed by atoms with E-state index in [-0.39, 0.29) is 30.2 Å². The zero-order chi connectivity index (χ0) is 18.3. The Hall–Kier alpha value is -2.37. The van der Waals surface area contributed by atoms with Crippen LogP contribution in [0.25, 0.3) is 0 Å². The predicted octanol–water partition coefficient (Wildman–Crippen LogP) is 2.12. The van der Waals surface area contributed by atoms with Gasteiger partial charge in [0.15, 0.2) is 0 Å².